The van der Waals surface area contributed by atoms with Crippen LogP contribution in [0, 0.1) is 6.92 Å². The lowest BCUT2D eigenvalue weighted by Gasteiger charge is -2.26. The number of hydrogen-bond acceptors (Lipinski definition) is 6. The first kappa shape index (κ1) is 18.9. The fraction of sp³-hybridized carbons (Fsp3) is 0.450. The SMILES string of the molecule is C=CCn1c(C)nnc1SCC(=O)N1CCCC1c1ccc2c(c1)OCCO2. The van der Waals surface area contributed by atoms with Gasteiger partial charge in [0.25, 0.3) is 0 Å². The predicted octanol–water partition coefficient (Wildman–Crippen LogP) is 3.00. The molecule has 28 heavy (non-hydrogen) atoms. The highest BCUT2D eigenvalue weighted by atomic mass is 32.2. The predicted molar refractivity (Wildman–Crippen MR) is 107 cm³/mol. The Kier molecular flexibility index (Phi) is 5.57. The van der Waals surface area contributed by atoms with Crippen molar-refractivity contribution in [1.82, 2.24) is 19.7 Å². The second kappa shape index (κ2) is 8.26. The number of allylic oxidation sites excluding steroid dienone is 1. The van der Waals surface area contributed by atoms with E-state index in [1.807, 2.05) is 34.6 Å². The second-order valence-electron chi connectivity index (χ2n) is 6.87. The van der Waals surface area contributed by atoms with E-state index in [1.54, 1.807) is 6.08 Å². The highest BCUT2D eigenvalue weighted by molar-refractivity contribution is 7.99. The number of carbonyl (C=O) groups is 1. The Balaban J connectivity index is 1.45. The third kappa shape index (κ3) is 3.73. The van der Waals surface area contributed by atoms with Crippen LogP contribution in [0.1, 0.15) is 30.3 Å². The van der Waals surface area contributed by atoms with Gasteiger partial charge < -0.3 is 18.9 Å². The number of nitrogens with zero attached hydrogens (tertiary/aromatic N) is 4. The summed E-state index contributed by atoms with van der Waals surface area (Å²) in [5.74, 6) is 2.83. The van der Waals surface area contributed by atoms with E-state index in [-0.39, 0.29) is 11.9 Å². The molecule has 2 aromatic rings. The Bertz CT molecular complexity index is 882. The van der Waals surface area contributed by atoms with Crippen LogP contribution in [0.25, 0.3) is 0 Å². The zero-order valence-corrected chi connectivity index (χ0v) is 16.8. The van der Waals surface area contributed by atoms with Gasteiger partial charge in [0.15, 0.2) is 16.7 Å². The van der Waals surface area contributed by atoms with Gasteiger partial charge in [0.2, 0.25) is 5.91 Å². The van der Waals surface area contributed by atoms with Crippen molar-refractivity contribution in [2.24, 2.45) is 0 Å². The highest BCUT2D eigenvalue weighted by Crippen LogP contribution is 2.38. The van der Waals surface area contributed by atoms with Crippen molar-refractivity contribution in [1.29, 1.82) is 0 Å². The van der Waals surface area contributed by atoms with E-state index in [1.165, 1.54) is 11.8 Å². The molecule has 4 rings (SSSR count). The molecule has 0 saturated carbocycles. The lowest BCUT2D eigenvalue weighted by Crippen LogP contribution is -2.32. The maximum atomic E-state index is 12.9. The maximum absolute atomic E-state index is 12.9. The minimum absolute atomic E-state index is 0.0803. The van der Waals surface area contributed by atoms with E-state index >= 15 is 0 Å². The number of likely N-dealkylation sites (tertiary alicyclic amines) is 1. The van der Waals surface area contributed by atoms with Gasteiger partial charge in [0.05, 0.1) is 11.8 Å². The molecular formula is C20H24N4O3S. The molecule has 1 amide bonds. The van der Waals surface area contributed by atoms with Gasteiger partial charge in [-0.1, -0.05) is 23.9 Å². The zero-order chi connectivity index (χ0) is 19.5. The Hall–Kier alpha value is -2.48. The van der Waals surface area contributed by atoms with Gasteiger partial charge in [0.1, 0.15) is 19.0 Å². The summed E-state index contributed by atoms with van der Waals surface area (Å²) in [5, 5.41) is 9.04. The summed E-state index contributed by atoms with van der Waals surface area (Å²) in [6, 6.07) is 6.08. The Morgan fingerprint density at radius 3 is 2.96 bits per heavy atom. The Morgan fingerprint density at radius 1 is 1.32 bits per heavy atom. The van der Waals surface area contributed by atoms with Gasteiger partial charge in [-0.05, 0) is 37.5 Å². The molecule has 7 nitrogen and oxygen atoms in total. The molecule has 8 heteroatoms. The fourth-order valence-corrected chi connectivity index (χ4v) is 4.58. The normalized spacial score (nSPS) is 18.3. The molecule has 148 valence electrons. The lowest BCUT2D eigenvalue weighted by molar-refractivity contribution is -0.129. The standard InChI is InChI=1S/C20H24N4O3S/c1-3-8-23-14(2)21-22-20(23)28-13-19(25)24-9-4-5-16(24)15-6-7-17-18(12-15)27-11-10-26-17/h3,6-7,12,16H,1,4-5,8-11,13H2,2H3. The molecule has 1 atom stereocenters. The molecule has 1 unspecified atom stereocenters. The summed E-state index contributed by atoms with van der Waals surface area (Å²) in [7, 11) is 0. The minimum atomic E-state index is 0.0803. The third-order valence-electron chi connectivity index (χ3n) is 5.06. The van der Waals surface area contributed by atoms with Crippen molar-refractivity contribution >= 4 is 17.7 Å². The smallest absolute Gasteiger partial charge is 0.233 e. The first-order valence-electron chi connectivity index (χ1n) is 9.50. The highest BCUT2D eigenvalue weighted by Gasteiger charge is 2.31. The molecular weight excluding hydrogens is 376 g/mol. The molecule has 0 bridgehead atoms. The van der Waals surface area contributed by atoms with Crippen molar-refractivity contribution in [3.63, 3.8) is 0 Å². The molecule has 0 radical (unpaired) electrons. The quantitative estimate of drug-likeness (QED) is 0.548. The number of rotatable bonds is 6. The first-order valence-corrected chi connectivity index (χ1v) is 10.5. The van der Waals surface area contributed by atoms with Gasteiger partial charge in [-0.25, -0.2) is 0 Å². The van der Waals surface area contributed by atoms with Crippen LogP contribution in [0.4, 0.5) is 0 Å². The number of hydrogen-bond donors (Lipinski definition) is 0. The van der Waals surface area contributed by atoms with Crippen LogP contribution in [0.15, 0.2) is 36.0 Å². The lowest BCUT2D eigenvalue weighted by atomic mass is 10.0. The molecule has 0 spiro atoms. The first-order chi connectivity index (χ1) is 13.7. The number of fused-ring (bicyclic) bond motifs is 1. The van der Waals surface area contributed by atoms with Crippen LogP contribution < -0.4 is 9.47 Å². The van der Waals surface area contributed by atoms with Crippen molar-refractivity contribution < 1.29 is 14.3 Å². The van der Waals surface area contributed by atoms with E-state index in [2.05, 4.69) is 16.8 Å². The summed E-state index contributed by atoms with van der Waals surface area (Å²) in [4.78, 5) is 14.9. The number of carbonyl (C=O) groups excluding carboxylic acids is 1. The van der Waals surface area contributed by atoms with E-state index in [4.69, 9.17) is 9.47 Å². The van der Waals surface area contributed by atoms with Crippen molar-refractivity contribution in [3.8, 4) is 11.5 Å². The Labute approximate surface area is 168 Å². The number of benzene rings is 1. The van der Waals surface area contributed by atoms with Crippen LogP contribution in [0.2, 0.25) is 0 Å². The summed E-state index contributed by atoms with van der Waals surface area (Å²) in [6.45, 7) is 8.22. The van der Waals surface area contributed by atoms with E-state index in [0.29, 0.717) is 25.5 Å². The van der Waals surface area contributed by atoms with Crippen molar-refractivity contribution in [2.75, 3.05) is 25.5 Å². The van der Waals surface area contributed by atoms with Crippen LogP contribution in [0.3, 0.4) is 0 Å². The third-order valence-corrected chi connectivity index (χ3v) is 6.01. The summed E-state index contributed by atoms with van der Waals surface area (Å²) < 4.78 is 13.3. The average molecular weight is 401 g/mol. The van der Waals surface area contributed by atoms with Gasteiger partial charge in [-0.2, -0.15) is 0 Å². The van der Waals surface area contributed by atoms with E-state index < -0.39 is 0 Å². The van der Waals surface area contributed by atoms with E-state index in [9.17, 15) is 4.79 Å². The topological polar surface area (TPSA) is 69.5 Å². The van der Waals surface area contributed by atoms with Gasteiger partial charge in [0, 0.05) is 13.1 Å². The molecule has 1 saturated heterocycles. The maximum Gasteiger partial charge on any atom is 0.233 e. The van der Waals surface area contributed by atoms with Crippen LogP contribution >= 0.6 is 11.8 Å². The van der Waals surface area contributed by atoms with Crippen molar-refractivity contribution in [2.45, 2.75) is 37.5 Å². The zero-order valence-electron chi connectivity index (χ0n) is 16.0. The Morgan fingerprint density at radius 2 is 2.14 bits per heavy atom. The van der Waals surface area contributed by atoms with Gasteiger partial charge >= 0.3 is 0 Å². The summed E-state index contributed by atoms with van der Waals surface area (Å²) in [6.07, 6.45) is 3.77. The number of aryl methyl sites for hydroxylation is 1. The number of amides is 1. The molecule has 0 aliphatic carbocycles. The molecule has 2 aliphatic rings. The van der Waals surface area contributed by atoms with Gasteiger partial charge in [-0.3, -0.25) is 4.79 Å². The van der Waals surface area contributed by atoms with Gasteiger partial charge in [-0.15, -0.1) is 16.8 Å². The minimum Gasteiger partial charge on any atom is -0.486 e. The van der Waals surface area contributed by atoms with E-state index in [0.717, 1.165) is 47.4 Å². The number of aromatic nitrogens is 3. The fourth-order valence-electron chi connectivity index (χ4n) is 3.70. The number of ether oxygens (including phenoxy) is 2. The largest absolute Gasteiger partial charge is 0.486 e. The molecule has 1 fully saturated rings. The molecule has 0 N–H and O–H groups in total. The van der Waals surface area contributed by atoms with Crippen LogP contribution in [-0.2, 0) is 11.3 Å². The van der Waals surface area contributed by atoms with Crippen molar-refractivity contribution in [3.05, 3.63) is 42.2 Å². The summed E-state index contributed by atoms with van der Waals surface area (Å²) in [5.41, 5.74) is 1.10. The molecule has 1 aromatic heterocycles. The van der Waals surface area contributed by atoms with Crippen LogP contribution in [-0.4, -0.2) is 51.1 Å². The molecule has 2 aliphatic heterocycles. The monoisotopic (exact) mass is 400 g/mol. The number of thioether (sulfide) groups is 1. The van der Waals surface area contributed by atoms with Crippen LogP contribution in [0.5, 0.6) is 11.5 Å². The second-order valence-corrected chi connectivity index (χ2v) is 7.81. The summed E-state index contributed by atoms with van der Waals surface area (Å²) >= 11 is 1.43. The average Bonchev–Trinajstić information content (AvgIpc) is 3.34. The molecule has 1 aromatic carbocycles. The molecule has 3 heterocycles.